The van der Waals surface area contributed by atoms with E-state index in [2.05, 4.69) is 15.8 Å². The number of ether oxygens (including phenoxy) is 2. The van der Waals surface area contributed by atoms with Crippen molar-refractivity contribution in [1.82, 2.24) is 15.8 Å². The Morgan fingerprint density at radius 2 is 2.06 bits per heavy atom. The van der Waals surface area contributed by atoms with Gasteiger partial charge in [-0.25, -0.2) is 5.43 Å². The molecule has 0 spiro atoms. The molecule has 2 atom stereocenters. The van der Waals surface area contributed by atoms with Crippen molar-refractivity contribution in [3.63, 3.8) is 0 Å². The van der Waals surface area contributed by atoms with Gasteiger partial charge < -0.3 is 19.8 Å². The van der Waals surface area contributed by atoms with Gasteiger partial charge in [0, 0.05) is 13.1 Å². The first-order chi connectivity index (χ1) is 8.26. The van der Waals surface area contributed by atoms with Gasteiger partial charge in [0.05, 0.1) is 32.4 Å². The van der Waals surface area contributed by atoms with Crippen LogP contribution in [0.4, 0.5) is 0 Å². The van der Waals surface area contributed by atoms with Crippen LogP contribution in [0.3, 0.4) is 0 Å². The van der Waals surface area contributed by atoms with Crippen LogP contribution in [0, 0.1) is 5.41 Å². The molecule has 2 fully saturated rings. The Morgan fingerprint density at radius 3 is 2.59 bits per heavy atom. The van der Waals surface area contributed by atoms with Gasteiger partial charge in [-0.2, -0.15) is 0 Å². The Morgan fingerprint density at radius 1 is 1.41 bits per heavy atom. The molecule has 0 saturated carbocycles. The molecule has 3 N–H and O–H groups in total. The summed E-state index contributed by atoms with van der Waals surface area (Å²) < 4.78 is 10.4. The second kappa shape index (κ2) is 5.37. The van der Waals surface area contributed by atoms with E-state index in [9.17, 15) is 0 Å². The molecule has 2 saturated heterocycles. The van der Waals surface area contributed by atoms with Crippen molar-refractivity contribution in [2.45, 2.75) is 24.9 Å². The third-order valence-corrected chi connectivity index (χ3v) is 3.26. The summed E-state index contributed by atoms with van der Waals surface area (Å²) in [6.07, 6.45) is 3.99. The smallest absolute Gasteiger partial charge is 0.209 e. The molecule has 2 rings (SSSR count). The highest BCUT2D eigenvalue weighted by molar-refractivity contribution is 5.85. The van der Waals surface area contributed by atoms with Crippen LogP contribution >= 0.6 is 0 Å². The van der Waals surface area contributed by atoms with Crippen LogP contribution in [-0.4, -0.2) is 50.3 Å². The molecule has 2 aliphatic heterocycles. The van der Waals surface area contributed by atoms with Crippen LogP contribution < -0.4 is 10.9 Å². The molecule has 6 heteroatoms. The predicted molar refractivity (Wildman–Crippen MR) is 64.5 cm³/mol. The Hall–Kier alpha value is -1.27. The van der Waals surface area contributed by atoms with Crippen molar-refractivity contribution in [1.29, 1.82) is 5.41 Å². The van der Waals surface area contributed by atoms with Crippen molar-refractivity contribution in [2.75, 3.05) is 27.4 Å². The summed E-state index contributed by atoms with van der Waals surface area (Å²) in [5, 5.41) is 7.59. The van der Waals surface area contributed by atoms with Crippen LogP contribution in [0.25, 0.3) is 0 Å². The fourth-order valence-corrected chi connectivity index (χ4v) is 2.51. The van der Waals surface area contributed by atoms with E-state index in [1.54, 1.807) is 6.08 Å². The summed E-state index contributed by atoms with van der Waals surface area (Å²) >= 11 is 0. The maximum absolute atomic E-state index is 7.59. The average Bonchev–Trinajstić information content (AvgIpc) is 2.58. The van der Waals surface area contributed by atoms with Crippen LogP contribution in [-0.2, 0) is 9.47 Å². The lowest BCUT2D eigenvalue weighted by Gasteiger charge is -2.38. The molecule has 0 amide bonds. The highest BCUT2D eigenvalue weighted by Gasteiger charge is 2.38. The van der Waals surface area contributed by atoms with Gasteiger partial charge in [-0.3, -0.25) is 5.41 Å². The number of nitrogens with one attached hydrogen (secondary N) is 3. The largest absolute Gasteiger partial charge is 0.481 e. The molecule has 17 heavy (non-hydrogen) atoms. The minimum atomic E-state index is 0.147. The fraction of sp³-hybridized carbons (Fsp3) is 0.727. The van der Waals surface area contributed by atoms with E-state index in [1.807, 2.05) is 7.05 Å². The van der Waals surface area contributed by atoms with Crippen molar-refractivity contribution >= 4 is 5.90 Å². The molecule has 2 aliphatic rings. The number of hydrogen-bond donors (Lipinski definition) is 3. The summed E-state index contributed by atoms with van der Waals surface area (Å²) in [5.41, 5.74) is 5.99. The highest BCUT2D eigenvalue weighted by atomic mass is 16.5. The molecule has 0 aromatic carbocycles. The summed E-state index contributed by atoms with van der Waals surface area (Å²) in [6.45, 7) is 1.53. The van der Waals surface area contributed by atoms with Gasteiger partial charge >= 0.3 is 0 Å². The molecule has 1 unspecified atom stereocenters. The molecule has 2 bridgehead atoms. The van der Waals surface area contributed by atoms with E-state index in [0.29, 0.717) is 12.1 Å². The average molecular weight is 240 g/mol. The van der Waals surface area contributed by atoms with Gasteiger partial charge in [-0.05, 0) is 12.8 Å². The molecular weight excluding hydrogens is 220 g/mol. The summed E-state index contributed by atoms with van der Waals surface area (Å²) in [4.78, 5) is 2.30. The SMILES string of the molecule is CNN/C(=C\C(=N)OC)N1C2CC[C@@H]1COC2. The van der Waals surface area contributed by atoms with Crippen molar-refractivity contribution in [3.05, 3.63) is 11.9 Å². The number of morpholine rings is 1. The zero-order chi connectivity index (χ0) is 12.3. The minimum Gasteiger partial charge on any atom is -0.481 e. The van der Waals surface area contributed by atoms with Gasteiger partial charge in [0.2, 0.25) is 5.90 Å². The van der Waals surface area contributed by atoms with Crippen LogP contribution in [0.1, 0.15) is 12.8 Å². The lowest BCUT2D eigenvalue weighted by molar-refractivity contribution is -0.000957. The number of fused-ring (bicyclic) bond motifs is 2. The molecule has 0 aliphatic carbocycles. The number of methoxy groups -OCH3 is 1. The number of hydrazine groups is 1. The molecule has 0 aromatic heterocycles. The molecular formula is C11H20N4O2. The van der Waals surface area contributed by atoms with Crippen LogP contribution in [0.2, 0.25) is 0 Å². The lowest BCUT2D eigenvalue weighted by atomic mass is 10.2. The molecule has 6 nitrogen and oxygen atoms in total. The standard InChI is InChI=1S/C11H20N4O2/c1-13-14-11(5-10(12)16-2)15-8-3-4-9(15)7-17-6-8/h5,8-9,12-14H,3-4,6-7H2,1-2H3/b11-5+,12-10?/t8-,9?/m1/s1. The topological polar surface area (TPSA) is 69.6 Å². The van der Waals surface area contributed by atoms with E-state index in [-0.39, 0.29) is 5.90 Å². The number of rotatable bonds is 4. The maximum atomic E-state index is 7.59. The maximum Gasteiger partial charge on any atom is 0.209 e. The molecule has 0 aromatic rings. The third kappa shape index (κ3) is 2.53. The molecule has 96 valence electrons. The second-order valence-electron chi connectivity index (χ2n) is 4.30. The molecule has 0 radical (unpaired) electrons. The number of hydrogen-bond acceptors (Lipinski definition) is 6. The third-order valence-electron chi connectivity index (χ3n) is 3.26. The fourth-order valence-electron chi connectivity index (χ4n) is 2.51. The second-order valence-corrected chi connectivity index (χ2v) is 4.30. The monoisotopic (exact) mass is 240 g/mol. The van der Waals surface area contributed by atoms with Gasteiger partial charge in [0.25, 0.3) is 0 Å². The first-order valence-corrected chi connectivity index (χ1v) is 5.89. The predicted octanol–water partition coefficient (Wildman–Crippen LogP) is 0.0387. The highest BCUT2D eigenvalue weighted by Crippen LogP contribution is 2.31. The van der Waals surface area contributed by atoms with E-state index < -0.39 is 0 Å². The zero-order valence-electron chi connectivity index (χ0n) is 10.3. The van der Waals surface area contributed by atoms with Crippen molar-refractivity contribution < 1.29 is 9.47 Å². The van der Waals surface area contributed by atoms with Crippen LogP contribution in [0.15, 0.2) is 11.9 Å². The summed E-state index contributed by atoms with van der Waals surface area (Å²) in [5.74, 6) is 1.03. The van der Waals surface area contributed by atoms with E-state index in [0.717, 1.165) is 31.9 Å². The van der Waals surface area contributed by atoms with E-state index in [1.165, 1.54) is 7.11 Å². The van der Waals surface area contributed by atoms with E-state index >= 15 is 0 Å². The Bertz CT molecular complexity index is 303. The number of nitrogens with zero attached hydrogens (tertiary/aromatic N) is 1. The van der Waals surface area contributed by atoms with Gasteiger partial charge in [-0.15, -0.1) is 0 Å². The van der Waals surface area contributed by atoms with Crippen LogP contribution in [0.5, 0.6) is 0 Å². The Balaban J connectivity index is 2.15. The van der Waals surface area contributed by atoms with Crippen molar-refractivity contribution in [2.24, 2.45) is 0 Å². The van der Waals surface area contributed by atoms with Gasteiger partial charge in [-0.1, -0.05) is 0 Å². The van der Waals surface area contributed by atoms with E-state index in [4.69, 9.17) is 14.9 Å². The first kappa shape index (κ1) is 12.2. The molecule has 2 heterocycles. The normalized spacial score (nSPS) is 28.1. The lowest BCUT2D eigenvalue weighted by Crippen LogP contribution is -2.50. The van der Waals surface area contributed by atoms with Gasteiger partial charge in [0.15, 0.2) is 0 Å². The summed E-state index contributed by atoms with van der Waals surface area (Å²) in [6, 6.07) is 0.816. The zero-order valence-corrected chi connectivity index (χ0v) is 10.3. The quantitative estimate of drug-likeness (QED) is 0.368. The Kier molecular flexibility index (Phi) is 3.86. The Labute approximate surface area is 101 Å². The minimum absolute atomic E-state index is 0.147. The van der Waals surface area contributed by atoms with Gasteiger partial charge in [0.1, 0.15) is 5.82 Å². The first-order valence-electron chi connectivity index (χ1n) is 5.89. The summed E-state index contributed by atoms with van der Waals surface area (Å²) in [7, 11) is 3.32. The van der Waals surface area contributed by atoms with Crippen molar-refractivity contribution in [3.8, 4) is 0 Å².